The van der Waals surface area contributed by atoms with Gasteiger partial charge in [0, 0.05) is 30.3 Å². The van der Waals surface area contributed by atoms with Crippen molar-refractivity contribution in [3.8, 4) is 0 Å². The molecule has 1 aliphatic carbocycles. The van der Waals surface area contributed by atoms with Crippen LogP contribution in [0.2, 0.25) is 0 Å². The predicted octanol–water partition coefficient (Wildman–Crippen LogP) is 1.91. The van der Waals surface area contributed by atoms with Gasteiger partial charge in [-0.1, -0.05) is 6.07 Å². The minimum Gasteiger partial charge on any atom is -0.475 e. The molecule has 12 heteroatoms. The molecule has 31 heavy (non-hydrogen) atoms. The molecule has 0 bridgehead atoms. The molecule has 1 amide bonds. The molecular weight excluding hydrogens is 439 g/mol. The number of aryl methyl sites for hydroxylation is 1. The summed E-state index contributed by atoms with van der Waals surface area (Å²) in [4.78, 5) is 37.3. The maximum absolute atomic E-state index is 12.3. The van der Waals surface area contributed by atoms with E-state index in [0.717, 1.165) is 41.2 Å². The van der Waals surface area contributed by atoms with Crippen LogP contribution in [0.1, 0.15) is 28.4 Å². The molecule has 2 N–H and O–H groups in total. The Kier molecular flexibility index (Phi) is 8.34. The summed E-state index contributed by atoms with van der Waals surface area (Å²) in [7, 11) is 1.51. The van der Waals surface area contributed by atoms with E-state index in [1.54, 1.807) is 17.4 Å². The van der Waals surface area contributed by atoms with Gasteiger partial charge in [-0.25, -0.2) is 9.78 Å². The van der Waals surface area contributed by atoms with Gasteiger partial charge in [0.15, 0.2) is 0 Å². The Balaban J connectivity index is 0.000000423. The number of rotatable bonds is 5. The summed E-state index contributed by atoms with van der Waals surface area (Å²) in [6.45, 7) is 2.55. The number of aromatic nitrogens is 2. The van der Waals surface area contributed by atoms with Gasteiger partial charge >= 0.3 is 12.1 Å². The Morgan fingerprint density at radius 2 is 2.06 bits per heavy atom. The van der Waals surface area contributed by atoms with Crippen LogP contribution in [0.4, 0.5) is 13.2 Å². The summed E-state index contributed by atoms with van der Waals surface area (Å²) in [6, 6.07) is 3.58. The van der Waals surface area contributed by atoms with Crippen LogP contribution in [-0.4, -0.2) is 52.5 Å². The highest BCUT2D eigenvalue weighted by molar-refractivity contribution is 7.09. The van der Waals surface area contributed by atoms with Gasteiger partial charge in [-0.3, -0.25) is 9.59 Å². The van der Waals surface area contributed by atoms with E-state index in [-0.39, 0.29) is 24.1 Å². The van der Waals surface area contributed by atoms with Crippen molar-refractivity contribution < 1.29 is 32.6 Å². The highest BCUT2D eigenvalue weighted by Gasteiger charge is 2.38. The number of nitrogens with one attached hydrogen (secondary N) is 1. The third kappa shape index (κ3) is 7.17. The molecule has 1 atom stereocenters. The number of carboxylic acids is 1. The van der Waals surface area contributed by atoms with Crippen LogP contribution in [0.15, 0.2) is 22.3 Å². The first-order valence-electron chi connectivity index (χ1n) is 9.22. The lowest BCUT2D eigenvalue weighted by molar-refractivity contribution is -0.192. The molecule has 0 aromatic carbocycles. The van der Waals surface area contributed by atoms with Crippen LogP contribution in [-0.2, 0) is 33.7 Å². The Bertz CT molecular complexity index is 987. The molecule has 1 aliphatic rings. The number of thiazole rings is 1. The normalized spacial score (nSPS) is 15.5. The Morgan fingerprint density at radius 3 is 2.61 bits per heavy atom. The maximum atomic E-state index is 12.3. The van der Waals surface area contributed by atoms with Crippen molar-refractivity contribution in [2.24, 2.45) is 0 Å². The second-order valence-electron chi connectivity index (χ2n) is 6.83. The number of ether oxygens (including phenoxy) is 1. The fourth-order valence-electron chi connectivity index (χ4n) is 3.16. The number of nitrogens with zero attached hydrogens (tertiary/aromatic N) is 2. The second-order valence-corrected chi connectivity index (χ2v) is 7.89. The van der Waals surface area contributed by atoms with Crippen LogP contribution >= 0.6 is 11.3 Å². The SMILES string of the molecule is COCC(=O)NC1CCc2c(ccc(=O)n2Cc2csc(C)n2)C1.O=C(O)C(F)(F)F. The lowest BCUT2D eigenvalue weighted by Gasteiger charge is -2.27. The quantitative estimate of drug-likeness (QED) is 0.704. The number of methoxy groups -OCH3 is 1. The van der Waals surface area contributed by atoms with E-state index >= 15 is 0 Å². The van der Waals surface area contributed by atoms with Gasteiger partial charge in [0.25, 0.3) is 5.56 Å². The molecule has 2 heterocycles. The molecule has 0 saturated heterocycles. The van der Waals surface area contributed by atoms with Crippen molar-refractivity contribution in [3.63, 3.8) is 0 Å². The van der Waals surface area contributed by atoms with Crippen molar-refractivity contribution >= 4 is 23.2 Å². The van der Waals surface area contributed by atoms with E-state index in [4.69, 9.17) is 14.6 Å². The fourth-order valence-corrected chi connectivity index (χ4v) is 3.77. The maximum Gasteiger partial charge on any atom is 0.490 e. The number of halogens is 3. The van der Waals surface area contributed by atoms with Crippen LogP contribution in [0, 0.1) is 6.92 Å². The van der Waals surface area contributed by atoms with E-state index in [9.17, 15) is 22.8 Å². The largest absolute Gasteiger partial charge is 0.490 e. The van der Waals surface area contributed by atoms with Crippen molar-refractivity contribution in [2.75, 3.05) is 13.7 Å². The summed E-state index contributed by atoms with van der Waals surface area (Å²) in [6.07, 6.45) is -2.75. The molecule has 0 aliphatic heterocycles. The average molecular weight is 461 g/mol. The number of carbonyl (C=O) groups excluding carboxylic acids is 1. The number of carbonyl (C=O) groups is 2. The van der Waals surface area contributed by atoms with E-state index in [1.807, 2.05) is 22.9 Å². The van der Waals surface area contributed by atoms with Gasteiger partial charge in [0.1, 0.15) is 6.61 Å². The monoisotopic (exact) mass is 461 g/mol. The Labute approximate surface area is 179 Å². The first-order chi connectivity index (χ1) is 14.5. The number of amides is 1. The minimum absolute atomic E-state index is 0.00118. The summed E-state index contributed by atoms with van der Waals surface area (Å²) in [5.74, 6) is -2.86. The number of alkyl halides is 3. The van der Waals surface area contributed by atoms with Gasteiger partial charge < -0.3 is 19.7 Å². The minimum atomic E-state index is -5.08. The Hall–Kier alpha value is -2.73. The molecule has 2 aromatic rings. The summed E-state index contributed by atoms with van der Waals surface area (Å²) in [5, 5.41) is 13.1. The smallest absolute Gasteiger partial charge is 0.475 e. The fraction of sp³-hybridized carbons (Fsp3) is 0.474. The number of pyridine rings is 1. The van der Waals surface area contributed by atoms with Crippen molar-refractivity contribution in [3.05, 3.63) is 49.8 Å². The predicted molar refractivity (Wildman–Crippen MR) is 106 cm³/mol. The van der Waals surface area contributed by atoms with Gasteiger partial charge in [-0.15, -0.1) is 11.3 Å². The molecule has 170 valence electrons. The van der Waals surface area contributed by atoms with Crippen LogP contribution < -0.4 is 10.9 Å². The first kappa shape index (κ1) is 24.5. The van der Waals surface area contributed by atoms with Crippen molar-refractivity contribution in [1.82, 2.24) is 14.9 Å². The number of hydrogen-bond donors (Lipinski definition) is 2. The molecule has 0 fully saturated rings. The van der Waals surface area contributed by atoms with E-state index in [2.05, 4.69) is 10.3 Å². The highest BCUT2D eigenvalue weighted by atomic mass is 32.1. The molecule has 8 nitrogen and oxygen atoms in total. The highest BCUT2D eigenvalue weighted by Crippen LogP contribution is 2.21. The molecule has 0 saturated carbocycles. The van der Waals surface area contributed by atoms with Gasteiger partial charge in [0.2, 0.25) is 5.91 Å². The third-order valence-corrected chi connectivity index (χ3v) is 5.28. The van der Waals surface area contributed by atoms with Crippen LogP contribution in [0.5, 0.6) is 0 Å². The number of fused-ring (bicyclic) bond motifs is 1. The third-order valence-electron chi connectivity index (χ3n) is 4.46. The standard InChI is InChI=1S/C17H21N3O3S.C2HF3O2/c1-11-18-14(10-24-11)8-20-15-5-4-13(19-16(21)9-23-2)7-12(15)3-6-17(20)22;3-2(4,5)1(6)7/h3,6,10,13H,4-5,7-9H2,1-2H3,(H,19,21);(H,6,7). The molecule has 0 spiro atoms. The lowest BCUT2D eigenvalue weighted by Crippen LogP contribution is -2.42. The van der Waals surface area contributed by atoms with E-state index in [0.29, 0.717) is 6.54 Å². The van der Waals surface area contributed by atoms with Crippen molar-refractivity contribution in [1.29, 1.82) is 0 Å². The van der Waals surface area contributed by atoms with Crippen molar-refractivity contribution in [2.45, 2.75) is 44.9 Å². The number of aliphatic carboxylic acids is 1. The summed E-state index contributed by atoms with van der Waals surface area (Å²) < 4.78 is 38.4. The number of carboxylic acid groups (broad SMARTS) is 1. The molecular formula is C19H22F3N3O5S. The molecule has 0 radical (unpaired) electrons. The summed E-state index contributed by atoms with van der Waals surface area (Å²) in [5.41, 5.74) is 3.10. The zero-order valence-corrected chi connectivity index (χ0v) is 17.7. The number of hydrogen-bond acceptors (Lipinski definition) is 6. The van der Waals surface area contributed by atoms with Gasteiger partial charge in [-0.2, -0.15) is 13.2 Å². The second kappa shape index (κ2) is 10.5. The van der Waals surface area contributed by atoms with Crippen LogP contribution in [0.25, 0.3) is 0 Å². The topological polar surface area (TPSA) is 111 Å². The Morgan fingerprint density at radius 1 is 1.39 bits per heavy atom. The molecule has 1 unspecified atom stereocenters. The molecule has 2 aromatic heterocycles. The van der Waals surface area contributed by atoms with E-state index in [1.165, 1.54) is 7.11 Å². The zero-order chi connectivity index (χ0) is 23.2. The van der Waals surface area contributed by atoms with Gasteiger partial charge in [0.05, 0.1) is 17.2 Å². The zero-order valence-electron chi connectivity index (χ0n) is 16.9. The summed E-state index contributed by atoms with van der Waals surface area (Å²) >= 11 is 1.59. The molecule has 3 rings (SSSR count). The van der Waals surface area contributed by atoms with Gasteiger partial charge in [-0.05, 0) is 31.7 Å². The lowest BCUT2D eigenvalue weighted by atomic mass is 9.91. The van der Waals surface area contributed by atoms with E-state index < -0.39 is 12.1 Å². The first-order valence-corrected chi connectivity index (χ1v) is 10.1. The van der Waals surface area contributed by atoms with Crippen LogP contribution in [0.3, 0.4) is 0 Å². The average Bonchev–Trinajstić information content (AvgIpc) is 3.09.